The summed E-state index contributed by atoms with van der Waals surface area (Å²) in [6, 6.07) is 17.2. The molecule has 6 bridgehead atoms. The molecule has 0 saturated carbocycles. The number of nitriles is 2. The number of fused-ring (bicyclic) bond motifs is 21. The number of methoxy groups -OCH3 is 4. The maximum Gasteiger partial charge on any atom is 0.408 e. The third-order valence-corrected chi connectivity index (χ3v) is 28.7. The minimum atomic E-state index is -2.16. The van der Waals surface area contributed by atoms with E-state index in [9.17, 15) is 44.4 Å². The number of aryl methyl sites for hydroxylation is 2. The van der Waals surface area contributed by atoms with E-state index in [-0.39, 0.29) is 99.5 Å². The number of alkyl carbamates (subject to hydrolysis) is 2. The van der Waals surface area contributed by atoms with Crippen molar-refractivity contribution in [1.29, 1.82) is 10.5 Å². The van der Waals surface area contributed by atoms with E-state index in [1.165, 1.54) is 64.9 Å². The summed E-state index contributed by atoms with van der Waals surface area (Å²) in [7, 11) is 18.2. The summed E-state index contributed by atoms with van der Waals surface area (Å²) in [5.41, 5.74) is 9.99. The summed E-state index contributed by atoms with van der Waals surface area (Å²) in [5.74, 6) is 2.82. The van der Waals surface area contributed by atoms with Crippen LogP contribution in [0.4, 0.5) is 9.59 Å². The fourth-order valence-corrected chi connectivity index (χ4v) is 23.1. The molecule has 5 aromatic carbocycles. The molecule has 3 unspecified atom stereocenters. The van der Waals surface area contributed by atoms with Crippen LogP contribution in [0.3, 0.4) is 0 Å². The lowest BCUT2D eigenvalue weighted by molar-refractivity contribution is -0.159. The number of likely N-dealkylation sites (N-methyl/N-ethyl adjacent to an activating group) is 2. The number of carbonyl (C=O) groups excluding carboxylic acids is 6. The number of ketones is 1. The number of nitrogens with zero attached hydrogens (tertiary/aromatic N) is 8. The van der Waals surface area contributed by atoms with Crippen molar-refractivity contribution in [3.63, 3.8) is 0 Å². The maximum atomic E-state index is 14.6. The van der Waals surface area contributed by atoms with Crippen molar-refractivity contribution < 1.29 is 114 Å². The number of carbonyl (C=O) groups is 6. The Morgan fingerprint density at radius 2 is 1.24 bits per heavy atom. The predicted octanol–water partition coefficient (Wildman–Crippen LogP) is 9.85. The molecule has 12 aliphatic rings. The third kappa shape index (κ3) is 18.4. The van der Waals surface area contributed by atoms with Gasteiger partial charge in [0, 0.05) is 142 Å². The Morgan fingerprint density at radius 1 is 0.689 bits per heavy atom. The molecule has 3 N–H and O–H groups in total. The Hall–Kier alpha value is -11.3. The Morgan fingerprint density at radius 3 is 1.80 bits per heavy atom. The molecule has 0 aromatic heterocycles. The smallest absolute Gasteiger partial charge is 0.408 e. The molecule has 5 fully saturated rings. The van der Waals surface area contributed by atoms with Gasteiger partial charge in [-0.1, -0.05) is 92.6 Å². The van der Waals surface area contributed by atoms with Crippen LogP contribution < -0.4 is 43.8 Å². The highest BCUT2D eigenvalue weighted by atomic mass is 32.2. The lowest BCUT2D eigenvalue weighted by atomic mass is 9.65. The maximum absolute atomic E-state index is 14.6. The van der Waals surface area contributed by atoms with Gasteiger partial charge in [0.05, 0.1) is 88.0 Å². The van der Waals surface area contributed by atoms with Crippen molar-refractivity contribution in [1.82, 2.24) is 40.0 Å². The average Bonchev–Trinajstić information content (AvgIpc) is 1.03. The number of piperidine rings is 1. The fraction of sp³-hybridized carbons (Fsp3) is 0.500. The van der Waals surface area contributed by atoms with Crippen molar-refractivity contribution in [2.45, 2.75) is 143 Å². The molecular formula is C96H116N10O24S2. The zero-order valence-corrected chi connectivity index (χ0v) is 78.7. The lowest BCUT2D eigenvalue weighted by Crippen LogP contribution is -2.74. The standard InChI is InChI=1S/C51H56N4O12S.C39H46N4O12S.C6H14N2/c1-7-16-63-50(58)53-36(25-68-24-35-33-14-10-8-12-31(33)32-13-9-11-15-34(32)35)49(57)64-23-40-42-47-45(66-27-67-47)29(3)48(56)51(42,59)21-38-43-41-30(20-37(54(43)4)39(22-52)55(38)40)19-28(2)44(61-6)46(41)65-26-62-18-17-60-5;1-8-9-50-39(46)41-23-16-56-37-29-28(36-34(53-18-54-36)20(3)33(29)55-21(4)44)26(15-51-38(23)45)43-25(14-40)24-13-22-12-19(2)32(48-7)35(52-17-49-11-10-47-6)27(22)30(31(37)43)42(24)5;1-6(7(2)3)8(4)5/h7-15,19,35-40,43,59H,1,16-18,20-21,23-27H2,2-6H3,(H,53,58);8,12,23-26,30-31,37H,1,9-11,13,15-18H2,2-7H3,(H,41,46);1H2,2-5H3/t36-,37+,38?,39+,40+,43+,51?;23-,24+,25+,26+,30-,31?,37-;/m11./s1. The second kappa shape index (κ2) is 41.9. The molecule has 14 atom stereocenters. The summed E-state index contributed by atoms with van der Waals surface area (Å²) in [6.07, 6.45) is 2.01. The van der Waals surface area contributed by atoms with Gasteiger partial charge in [0.25, 0.3) is 0 Å². The summed E-state index contributed by atoms with van der Waals surface area (Å²) in [5, 5.41) is 40.1. The van der Waals surface area contributed by atoms with Crippen LogP contribution in [0.2, 0.25) is 0 Å². The van der Waals surface area contributed by atoms with Crippen molar-refractivity contribution in [3.05, 3.63) is 182 Å². The van der Waals surface area contributed by atoms with Crippen molar-refractivity contribution in [2.24, 2.45) is 0 Å². The predicted molar refractivity (Wildman–Crippen MR) is 486 cm³/mol. The first-order chi connectivity index (χ1) is 63.6. The van der Waals surface area contributed by atoms with Crippen LogP contribution in [-0.4, -0.2) is 298 Å². The SMILES string of the molecule is C=C(N(C)C)N(C)C.C=CCOC(=O)N[C@@H]1CS[C@@H]2c3c(OC(C)=O)c(C)c4c(c3[C@H](COC1=O)N1C2[C@H]2c3c(cc(C)c(OC)c3OCOCCOC)C[C@@H]([C@@H]1C#N)N2C)OCO4.C=CCOC(=O)N[C@H](CSCC1c2ccccc2-c2ccccc21)C(=O)OC[C@H]1C2=C3OCOC3=C(C)C(=O)C2(O)CC2[C@H]3c4c(cc(C)c(OC)c4OCOCCOC)C[C@@H]([C@H](C#N)N21)N3C. The van der Waals surface area contributed by atoms with Crippen LogP contribution in [0, 0.1) is 43.4 Å². The monoisotopic (exact) mass is 1860 g/mol. The van der Waals surface area contributed by atoms with E-state index >= 15 is 0 Å². The minimum Gasteiger partial charge on any atom is -0.493 e. The molecule has 0 radical (unpaired) electrons. The van der Waals surface area contributed by atoms with Gasteiger partial charge in [-0.3, -0.25) is 29.2 Å². The number of piperazine rings is 2. The number of rotatable bonds is 30. The van der Waals surface area contributed by atoms with E-state index in [0.717, 1.165) is 39.2 Å². The second-order valence-electron chi connectivity index (χ2n) is 34.1. The molecule has 36 heteroatoms. The first kappa shape index (κ1) is 96.8. The van der Waals surface area contributed by atoms with Crippen LogP contribution in [0.15, 0.2) is 121 Å². The number of thioether (sulfide) groups is 2. The molecule has 132 heavy (non-hydrogen) atoms. The first-order valence-electron chi connectivity index (χ1n) is 43.6. The molecule has 5 saturated heterocycles. The number of ether oxygens (including phenoxy) is 17. The van der Waals surface area contributed by atoms with Crippen LogP contribution >= 0.6 is 23.5 Å². The van der Waals surface area contributed by atoms with Gasteiger partial charge in [-0.15, -0.1) is 11.8 Å². The average molecular weight is 1860 g/mol. The second-order valence-corrected chi connectivity index (χ2v) is 36.3. The van der Waals surface area contributed by atoms with Gasteiger partial charge >= 0.3 is 30.1 Å². The van der Waals surface area contributed by atoms with Crippen LogP contribution in [0.25, 0.3) is 11.1 Å². The van der Waals surface area contributed by atoms with Crippen molar-refractivity contribution in [2.75, 3.05) is 168 Å². The molecule has 34 nitrogen and oxygen atoms in total. The fourth-order valence-electron chi connectivity index (χ4n) is 20.4. The number of aliphatic hydroxyl groups is 1. The number of hydrogen-bond donors (Lipinski definition) is 3. The first-order valence-corrected chi connectivity index (χ1v) is 45.8. The molecule has 0 spiro atoms. The van der Waals surface area contributed by atoms with Crippen LogP contribution in [-0.2, 0) is 79.4 Å². The number of esters is 3. The number of benzene rings is 5. The van der Waals surface area contributed by atoms with Crippen LogP contribution in [0.5, 0.6) is 40.2 Å². The van der Waals surface area contributed by atoms with E-state index in [2.05, 4.69) is 87.5 Å². The van der Waals surface area contributed by atoms with E-state index in [1.54, 1.807) is 42.3 Å². The summed E-state index contributed by atoms with van der Waals surface area (Å²) >= 11 is 2.86. The minimum absolute atomic E-state index is 0.0337. The molecule has 10 heterocycles. The zero-order valence-electron chi connectivity index (χ0n) is 77.1. The molecule has 10 aliphatic heterocycles. The summed E-state index contributed by atoms with van der Waals surface area (Å²) in [4.78, 5) is 94.1. The van der Waals surface area contributed by atoms with Gasteiger partial charge in [0.15, 0.2) is 71.0 Å². The largest absolute Gasteiger partial charge is 0.493 e. The summed E-state index contributed by atoms with van der Waals surface area (Å²) < 4.78 is 99.6. The molecule has 2 aliphatic carbocycles. The molecular weight excluding hydrogens is 1740 g/mol. The summed E-state index contributed by atoms with van der Waals surface area (Å²) in [6.45, 7) is 19.8. The van der Waals surface area contributed by atoms with Gasteiger partial charge in [0.1, 0.15) is 56.3 Å². The van der Waals surface area contributed by atoms with E-state index in [4.69, 9.17) is 80.5 Å². The zero-order chi connectivity index (χ0) is 94.4. The van der Waals surface area contributed by atoms with Crippen molar-refractivity contribution in [3.8, 4) is 63.5 Å². The Labute approximate surface area is 777 Å². The van der Waals surface area contributed by atoms with E-state index < -0.39 is 120 Å². The third-order valence-electron chi connectivity index (χ3n) is 26.1. The van der Waals surface area contributed by atoms with E-state index in [0.29, 0.717) is 102 Å². The highest BCUT2D eigenvalue weighted by Crippen LogP contribution is 2.65. The van der Waals surface area contributed by atoms with Crippen molar-refractivity contribution >= 4 is 59.4 Å². The van der Waals surface area contributed by atoms with Gasteiger partial charge in [-0.25, -0.2) is 19.2 Å². The highest BCUT2D eigenvalue weighted by molar-refractivity contribution is 7.99. The molecule has 706 valence electrons. The quantitative estimate of drug-likeness (QED) is 0.00960. The van der Waals surface area contributed by atoms with E-state index in [1.807, 2.05) is 101 Å². The number of hydrogen-bond acceptors (Lipinski definition) is 34. The Bertz CT molecular complexity index is 5370. The molecule has 5 aromatic rings. The number of Topliss-reactive ketones (excluding diaryl/α,β-unsaturated/α-hetero) is 1. The molecule has 2 amide bonds. The van der Waals surface area contributed by atoms with Gasteiger partial charge in [-0.2, -0.15) is 22.3 Å². The van der Waals surface area contributed by atoms with Gasteiger partial charge < -0.3 is 106 Å². The Kier molecular flexibility index (Phi) is 30.7. The molecule has 17 rings (SSSR count). The van der Waals surface area contributed by atoms with Gasteiger partial charge in [-0.05, 0) is 99.1 Å². The normalized spacial score (nSPS) is 24.5. The Balaban J connectivity index is 0.000000199. The lowest BCUT2D eigenvalue weighted by Gasteiger charge is -2.62. The topological polar surface area (TPSA) is 371 Å². The number of nitrogens with one attached hydrogen (secondary N) is 2. The highest BCUT2D eigenvalue weighted by Gasteiger charge is 2.66. The van der Waals surface area contributed by atoms with Crippen LogP contribution in [0.1, 0.15) is 111 Å². The van der Waals surface area contributed by atoms with Gasteiger partial charge in [0.2, 0.25) is 13.6 Å². The number of amides is 2.